The van der Waals surface area contributed by atoms with Gasteiger partial charge < -0.3 is 9.64 Å². The predicted octanol–water partition coefficient (Wildman–Crippen LogP) is 4.14. The zero-order chi connectivity index (χ0) is 19.7. The lowest BCUT2D eigenvalue weighted by molar-refractivity contribution is 0.0577. The number of thiazole rings is 1. The highest BCUT2D eigenvalue weighted by Crippen LogP contribution is 2.32. The van der Waals surface area contributed by atoms with E-state index in [1.807, 2.05) is 30.9 Å². The Kier molecular flexibility index (Phi) is 5.69. The van der Waals surface area contributed by atoms with Crippen molar-refractivity contribution < 1.29 is 9.53 Å². The molecule has 2 aromatic rings. The molecule has 0 N–H and O–H groups in total. The summed E-state index contributed by atoms with van der Waals surface area (Å²) in [5, 5.41) is 0.899. The molecule has 5 nitrogen and oxygen atoms in total. The molecule has 0 atom stereocenters. The number of nitrogens with zero attached hydrogens (tertiary/aromatic N) is 3. The molecule has 0 bridgehead atoms. The van der Waals surface area contributed by atoms with E-state index in [1.165, 1.54) is 37.0 Å². The van der Waals surface area contributed by atoms with Crippen LogP contribution in [0.2, 0.25) is 0 Å². The molecule has 2 aliphatic rings. The highest BCUT2D eigenvalue weighted by Gasteiger charge is 2.29. The standard InChI is InChI=1S/C22H29N3O2S/c1-15-14-17(8-9-19(15)27-3)21-23-16(2)20(28-21)22(26)25-12-10-24(11-13-25)18-6-4-5-7-18/h8-9,14,18H,4-7,10-13H2,1-3H3. The van der Waals surface area contributed by atoms with Gasteiger partial charge in [-0.05, 0) is 50.5 Å². The van der Waals surface area contributed by atoms with Crippen molar-refractivity contribution in [2.45, 2.75) is 45.6 Å². The zero-order valence-corrected chi connectivity index (χ0v) is 17.8. The number of aromatic nitrogens is 1. The van der Waals surface area contributed by atoms with Crippen molar-refractivity contribution in [3.63, 3.8) is 0 Å². The summed E-state index contributed by atoms with van der Waals surface area (Å²) < 4.78 is 5.35. The van der Waals surface area contributed by atoms with Crippen LogP contribution in [-0.2, 0) is 0 Å². The fraction of sp³-hybridized carbons (Fsp3) is 0.545. The first-order valence-electron chi connectivity index (χ1n) is 10.2. The van der Waals surface area contributed by atoms with Crippen LogP contribution in [0.4, 0.5) is 0 Å². The maximum absolute atomic E-state index is 13.1. The van der Waals surface area contributed by atoms with Crippen LogP contribution in [0.1, 0.15) is 46.6 Å². The molecular formula is C22H29N3O2S. The number of carbonyl (C=O) groups excluding carboxylic acids is 1. The second-order valence-electron chi connectivity index (χ2n) is 7.88. The summed E-state index contributed by atoms with van der Waals surface area (Å²) in [6.07, 6.45) is 5.37. The zero-order valence-electron chi connectivity index (χ0n) is 17.0. The number of piperazine rings is 1. The summed E-state index contributed by atoms with van der Waals surface area (Å²) in [6.45, 7) is 7.61. The Bertz CT molecular complexity index is 849. The molecule has 1 aliphatic heterocycles. The molecule has 1 aliphatic carbocycles. The Hall–Kier alpha value is -1.92. The minimum atomic E-state index is 0.137. The molecule has 0 spiro atoms. The van der Waals surface area contributed by atoms with Crippen LogP contribution in [0.25, 0.3) is 10.6 Å². The molecule has 150 valence electrons. The first kappa shape index (κ1) is 19.4. The first-order valence-corrected chi connectivity index (χ1v) is 11.0. The van der Waals surface area contributed by atoms with E-state index in [9.17, 15) is 4.79 Å². The number of benzene rings is 1. The maximum atomic E-state index is 13.1. The van der Waals surface area contributed by atoms with Crippen LogP contribution >= 0.6 is 11.3 Å². The van der Waals surface area contributed by atoms with Crippen LogP contribution in [-0.4, -0.2) is 60.0 Å². The van der Waals surface area contributed by atoms with Gasteiger partial charge in [-0.2, -0.15) is 0 Å². The van der Waals surface area contributed by atoms with Gasteiger partial charge in [0.05, 0.1) is 12.8 Å². The van der Waals surface area contributed by atoms with E-state index in [-0.39, 0.29) is 5.91 Å². The molecule has 1 aromatic heterocycles. The molecule has 1 aromatic carbocycles. The van der Waals surface area contributed by atoms with Gasteiger partial charge in [-0.3, -0.25) is 9.69 Å². The summed E-state index contributed by atoms with van der Waals surface area (Å²) in [5.41, 5.74) is 2.94. The van der Waals surface area contributed by atoms with Gasteiger partial charge in [0.2, 0.25) is 0 Å². The maximum Gasteiger partial charge on any atom is 0.265 e. The number of amides is 1. The van der Waals surface area contributed by atoms with Gasteiger partial charge in [-0.1, -0.05) is 12.8 Å². The monoisotopic (exact) mass is 399 g/mol. The minimum absolute atomic E-state index is 0.137. The lowest BCUT2D eigenvalue weighted by Gasteiger charge is -2.37. The van der Waals surface area contributed by atoms with E-state index >= 15 is 0 Å². The Balaban J connectivity index is 1.46. The van der Waals surface area contributed by atoms with Crippen molar-refractivity contribution >= 4 is 17.2 Å². The first-order chi connectivity index (χ1) is 13.6. The van der Waals surface area contributed by atoms with Gasteiger partial charge in [0.15, 0.2) is 0 Å². The summed E-state index contributed by atoms with van der Waals surface area (Å²) in [5.74, 6) is 1.01. The number of ether oxygens (including phenoxy) is 1. The molecule has 1 saturated heterocycles. The normalized spacial score (nSPS) is 18.6. The van der Waals surface area contributed by atoms with Gasteiger partial charge in [-0.25, -0.2) is 4.98 Å². The van der Waals surface area contributed by atoms with E-state index in [2.05, 4.69) is 11.0 Å². The summed E-state index contributed by atoms with van der Waals surface area (Å²) >= 11 is 1.51. The van der Waals surface area contributed by atoms with Gasteiger partial charge in [0.1, 0.15) is 15.6 Å². The van der Waals surface area contributed by atoms with Crippen molar-refractivity contribution in [3.05, 3.63) is 34.3 Å². The van der Waals surface area contributed by atoms with Crippen molar-refractivity contribution in [1.82, 2.24) is 14.8 Å². The van der Waals surface area contributed by atoms with Gasteiger partial charge in [-0.15, -0.1) is 11.3 Å². The van der Waals surface area contributed by atoms with Crippen LogP contribution in [0, 0.1) is 13.8 Å². The second-order valence-corrected chi connectivity index (χ2v) is 8.88. The third-order valence-electron chi connectivity index (χ3n) is 6.08. The fourth-order valence-electron chi connectivity index (χ4n) is 4.43. The van der Waals surface area contributed by atoms with Crippen molar-refractivity contribution in [3.8, 4) is 16.3 Å². The van der Waals surface area contributed by atoms with Gasteiger partial charge in [0.25, 0.3) is 5.91 Å². The van der Waals surface area contributed by atoms with Crippen LogP contribution in [0.3, 0.4) is 0 Å². The number of rotatable bonds is 4. The molecule has 28 heavy (non-hydrogen) atoms. The number of hydrogen-bond donors (Lipinski definition) is 0. The van der Waals surface area contributed by atoms with E-state index in [0.717, 1.165) is 64.7 Å². The van der Waals surface area contributed by atoms with E-state index < -0.39 is 0 Å². The van der Waals surface area contributed by atoms with Gasteiger partial charge in [0, 0.05) is 37.8 Å². The Morgan fingerprint density at radius 1 is 1.14 bits per heavy atom. The van der Waals surface area contributed by atoms with Crippen molar-refractivity contribution in [2.24, 2.45) is 0 Å². The van der Waals surface area contributed by atoms with E-state index in [1.54, 1.807) is 7.11 Å². The number of carbonyl (C=O) groups is 1. The minimum Gasteiger partial charge on any atom is -0.496 e. The SMILES string of the molecule is COc1ccc(-c2nc(C)c(C(=O)N3CCN(C4CCCC4)CC3)s2)cc1C. The third kappa shape index (κ3) is 3.80. The molecule has 1 saturated carbocycles. The fourth-order valence-corrected chi connectivity index (χ4v) is 5.46. The Labute approximate surface area is 171 Å². The van der Waals surface area contributed by atoms with E-state index in [4.69, 9.17) is 9.72 Å². The smallest absolute Gasteiger partial charge is 0.265 e. The molecule has 6 heteroatoms. The quantitative estimate of drug-likeness (QED) is 0.775. The van der Waals surface area contributed by atoms with Crippen molar-refractivity contribution in [1.29, 1.82) is 0 Å². The highest BCUT2D eigenvalue weighted by molar-refractivity contribution is 7.17. The molecule has 2 fully saturated rings. The van der Waals surface area contributed by atoms with E-state index in [0.29, 0.717) is 0 Å². The molecule has 4 rings (SSSR count). The molecule has 1 amide bonds. The molecule has 0 radical (unpaired) electrons. The summed E-state index contributed by atoms with van der Waals surface area (Å²) in [4.78, 5) is 23.2. The Morgan fingerprint density at radius 2 is 1.86 bits per heavy atom. The third-order valence-corrected chi connectivity index (χ3v) is 7.27. The van der Waals surface area contributed by atoms with Crippen molar-refractivity contribution in [2.75, 3.05) is 33.3 Å². The average Bonchev–Trinajstić information content (AvgIpc) is 3.37. The Morgan fingerprint density at radius 3 is 2.50 bits per heavy atom. The number of aryl methyl sites for hydroxylation is 2. The lowest BCUT2D eigenvalue weighted by Crippen LogP contribution is -2.51. The number of hydrogen-bond acceptors (Lipinski definition) is 5. The molecular weight excluding hydrogens is 370 g/mol. The predicted molar refractivity (Wildman–Crippen MR) is 113 cm³/mol. The highest BCUT2D eigenvalue weighted by atomic mass is 32.1. The number of methoxy groups -OCH3 is 1. The van der Waals surface area contributed by atoms with Crippen LogP contribution in [0.15, 0.2) is 18.2 Å². The van der Waals surface area contributed by atoms with Crippen LogP contribution < -0.4 is 4.74 Å². The molecule has 2 heterocycles. The lowest BCUT2D eigenvalue weighted by atomic mass is 10.1. The largest absolute Gasteiger partial charge is 0.496 e. The second kappa shape index (κ2) is 8.21. The van der Waals surface area contributed by atoms with Gasteiger partial charge >= 0.3 is 0 Å². The average molecular weight is 400 g/mol. The van der Waals surface area contributed by atoms with Crippen LogP contribution in [0.5, 0.6) is 5.75 Å². The summed E-state index contributed by atoms with van der Waals surface area (Å²) in [7, 11) is 1.68. The summed E-state index contributed by atoms with van der Waals surface area (Å²) in [6, 6.07) is 6.79. The topological polar surface area (TPSA) is 45.7 Å². The molecule has 0 unspecified atom stereocenters.